The van der Waals surface area contributed by atoms with E-state index in [1.165, 1.54) is 16.5 Å². The zero-order valence-corrected chi connectivity index (χ0v) is 16.8. The van der Waals surface area contributed by atoms with Crippen LogP contribution in [0.4, 0.5) is 0 Å². The first-order chi connectivity index (χ1) is 13.1. The number of carbonyl (C=O) groups excluding carboxylic acids is 1. The minimum absolute atomic E-state index is 0.00148. The highest BCUT2D eigenvalue weighted by Crippen LogP contribution is 2.35. The van der Waals surface area contributed by atoms with Crippen molar-refractivity contribution in [2.75, 3.05) is 6.54 Å². The number of para-hydroxylation sites is 1. The van der Waals surface area contributed by atoms with E-state index in [0.717, 1.165) is 31.5 Å². The van der Waals surface area contributed by atoms with E-state index in [-0.39, 0.29) is 11.8 Å². The second kappa shape index (κ2) is 9.09. The Morgan fingerprint density at radius 3 is 2.56 bits per heavy atom. The van der Waals surface area contributed by atoms with Gasteiger partial charge >= 0.3 is 0 Å². The van der Waals surface area contributed by atoms with E-state index >= 15 is 0 Å². The largest absolute Gasteiger partial charge is 0.356 e. The molecule has 0 saturated heterocycles. The van der Waals surface area contributed by atoms with Gasteiger partial charge in [0.1, 0.15) is 0 Å². The Balaban J connectivity index is 1.99. The lowest BCUT2D eigenvalue weighted by atomic mass is 9.88. The molecule has 4 heteroatoms. The number of amides is 1. The molecule has 1 aromatic heterocycles. The van der Waals surface area contributed by atoms with Crippen molar-refractivity contribution in [2.24, 2.45) is 0 Å². The maximum Gasteiger partial charge on any atom is 0.220 e. The molecule has 1 amide bonds. The Hall–Kier alpha value is -2.26. The monoisotopic (exact) mass is 382 g/mol. The van der Waals surface area contributed by atoms with Crippen LogP contribution in [0.3, 0.4) is 0 Å². The molecule has 0 aliphatic heterocycles. The van der Waals surface area contributed by atoms with E-state index in [9.17, 15) is 4.79 Å². The summed E-state index contributed by atoms with van der Waals surface area (Å²) in [6.07, 6.45) is 4.71. The van der Waals surface area contributed by atoms with Crippen LogP contribution in [-0.4, -0.2) is 17.0 Å². The normalized spacial score (nSPS) is 12.3. The Morgan fingerprint density at radius 2 is 1.85 bits per heavy atom. The van der Waals surface area contributed by atoms with Gasteiger partial charge in [-0.15, -0.1) is 0 Å². The topological polar surface area (TPSA) is 34.0 Å². The first-order valence-electron chi connectivity index (χ1n) is 9.74. The average molecular weight is 383 g/mol. The molecule has 1 unspecified atom stereocenters. The number of hydrogen-bond donors (Lipinski definition) is 1. The number of benzene rings is 2. The van der Waals surface area contributed by atoms with Gasteiger partial charge in [0.05, 0.1) is 0 Å². The summed E-state index contributed by atoms with van der Waals surface area (Å²) in [6, 6.07) is 16.3. The van der Waals surface area contributed by atoms with Crippen molar-refractivity contribution >= 4 is 28.4 Å². The van der Waals surface area contributed by atoms with Gasteiger partial charge in [-0.3, -0.25) is 4.79 Å². The van der Waals surface area contributed by atoms with Gasteiger partial charge in [0, 0.05) is 47.6 Å². The van der Waals surface area contributed by atoms with Crippen LogP contribution in [0, 0.1) is 0 Å². The molecule has 3 aromatic rings. The predicted molar refractivity (Wildman–Crippen MR) is 113 cm³/mol. The molecule has 0 spiro atoms. The fourth-order valence-corrected chi connectivity index (χ4v) is 3.71. The maximum absolute atomic E-state index is 12.6. The van der Waals surface area contributed by atoms with Gasteiger partial charge in [0.25, 0.3) is 0 Å². The molecule has 0 saturated carbocycles. The molecule has 3 nitrogen and oxygen atoms in total. The Bertz CT molecular complexity index is 898. The Kier molecular flexibility index (Phi) is 6.57. The minimum Gasteiger partial charge on any atom is -0.356 e. The molecule has 0 fully saturated rings. The van der Waals surface area contributed by atoms with E-state index in [1.54, 1.807) is 0 Å². The van der Waals surface area contributed by atoms with Crippen molar-refractivity contribution in [1.82, 2.24) is 9.88 Å². The van der Waals surface area contributed by atoms with Crippen molar-refractivity contribution in [3.63, 3.8) is 0 Å². The van der Waals surface area contributed by atoms with Gasteiger partial charge in [-0.1, -0.05) is 55.3 Å². The molecule has 1 atom stereocenters. The summed E-state index contributed by atoms with van der Waals surface area (Å²) in [5, 5.41) is 4.98. The van der Waals surface area contributed by atoms with Gasteiger partial charge in [0.2, 0.25) is 5.91 Å². The van der Waals surface area contributed by atoms with E-state index in [4.69, 9.17) is 11.6 Å². The smallest absolute Gasteiger partial charge is 0.220 e. The van der Waals surface area contributed by atoms with Gasteiger partial charge in [0.15, 0.2) is 0 Å². The third-order valence-corrected chi connectivity index (χ3v) is 5.30. The number of nitrogens with one attached hydrogen (secondary N) is 1. The highest BCUT2D eigenvalue weighted by atomic mass is 35.5. The lowest BCUT2D eigenvalue weighted by Crippen LogP contribution is -2.26. The quantitative estimate of drug-likeness (QED) is 0.494. The summed E-state index contributed by atoms with van der Waals surface area (Å²) in [4.78, 5) is 12.6. The lowest BCUT2D eigenvalue weighted by molar-refractivity contribution is -0.121. The summed E-state index contributed by atoms with van der Waals surface area (Å²) in [7, 11) is 0. The van der Waals surface area contributed by atoms with Crippen LogP contribution in [0.15, 0.2) is 54.7 Å². The van der Waals surface area contributed by atoms with Crippen molar-refractivity contribution in [2.45, 2.75) is 45.6 Å². The first-order valence-corrected chi connectivity index (χ1v) is 10.1. The summed E-state index contributed by atoms with van der Waals surface area (Å²) in [6.45, 7) is 5.91. The molecule has 2 aromatic carbocycles. The SMILES string of the molecule is CCCCNC(=O)CC(c1ccc(Cl)cc1)c1cn(CC)c2ccccc12. The minimum atomic E-state index is 0.00148. The van der Waals surface area contributed by atoms with Gasteiger partial charge in [-0.05, 0) is 42.7 Å². The summed E-state index contributed by atoms with van der Waals surface area (Å²) < 4.78 is 2.25. The van der Waals surface area contributed by atoms with Crippen LogP contribution in [0.5, 0.6) is 0 Å². The standard InChI is InChI=1S/C23H27ClN2O/c1-3-5-14-25-23(27)15-20(17-10-12-18(24)13-11-17)21-16-26(4-2)22-9-7-6-8-19(21)22/h6-13,16,20H,3-5,14-15H2,1-2H3,(H,25,27). The molecular formula is C23H27ClN2O. The van der Waals surface area contributed by atoms with E-state index in [1.807, 2.05) is 24.3 Å². The number of fused-ring (bicyclic) bond motifs is 1. The Morgan fingerprint density at radius 1 is 1.11 bits per heavy atom. The maximum atomic E-state index is 12.6. The van der Waals surface area contributed by atoms with Crippen LogP contribution < -0.4 is 5.32 Å². The summed E-state index contributed by atoms with van der Waals surface area (Å²) in [5.74, 6) is 0.0957. The first kappa shape index (κ1) is 19.5. The van der Waals surface area contributed by atoms with Gasteiger partial charge < -0.3 is 9.88 Å². The zero-order valence-electron chi connectivity index (χ0n) is 16.0. The molecule has 0 aliphatic carbocycles. The number of halogens is 1. The summed E-state index contributed by atoms with van der Waals surface area (Å²) in [5.41, 5.74) is 3.52. The van der Waals surface area contributed by atoms with E-state index in [2.05, 4.69) is 54.2 Å². The highest BCUT2D eigenvalue weighted by molar-refractivity contribution is 6.30. The summed E-state index contributed by atoms with van der Waals surface area (Å²) >= 11 is 6.09. The van der Waals surface area contributed by atoms with Crippen LogP contribution >= 0.6 is 11.6 Å². The van der Waals surface area contributed by atoms with Crippen molar-refractivity contribution in [3.8, 4) is 0 Å². The molecule has 142 valence electrons. The van der Waals surface area contributed by atoms with E-state index < -0.39 is 0 Å². The average Bonchev–Trinajstić information content (AvgIpc) is 3.06. The van der Waals surface area contributed by atoms with E-state index in [0.29, 0.717) is 11.4 Å². The third-order valence-electron chi connectivity index (χ3n) is 5.05. The second-order valence-electron chi connectivity index (χ2n) is 6.90. The number of unbranched alkanes of at least 4 members (excludes halogenated alkanes) is 1. The zero-order chi connectivity index (χ0) is 19.2. The Labute approximate surface area is 166 Å². The number of carbonyl (C=O) groups is 1. The molecule has 0 aliphatic rings. The molecule has 0 radical (unpaired) electrons. The molecular weight excluding hydrogens is 356 g/mol. The molecule has 27 heavy (non-hydrogen) atoms. The number of nitrogens with zero attached hydrogens (tertiary/aromatic N) is 1. The number of aryl methyl sites for hydroxylation is 1. The predicted octanol–water partition coefficient (Wildman–Crippen LogP) is 5.75. The van der Waals surface area contributed by atoms with Crippen LogP contribution in [0.2, 0.25) is 5.02 Å². The molecule has 1 heterocycles. The second-order valence-corrected chi connectivity index (χ2v) is 7.34. The molecule has 0 bridgehead atoms. The molecule has 1 N–H and O–H groups in total. The number of rotatable bonds is 8. The van der Waals surface area contributed by atoms with Crippen molar-refractivity contribution < 1.29 is 4.79 Å². The fraction of sp³-hybridized carbons (Fsp3) is 0.348. The number of aromatic nitrogens is 1. The molecule has 3 rings (SSSR count). The number of hydrogen-bond acceptors (Lipinski definition) is 1. The highest BCUT2D eigenvalue weighted by Gasteiger charge is 2.22. The van der Waals surface area contributed by atoms with Crippen molar-refractivity contribution in [3.05, 3.63) is 70.9 Å². The van der Waals surface area contributed by atoms with Crippen LogP contribution in [0.1, 0.15) is 50.2 Å². The van der Waals surface area contributed by atoms with Gasteiger partial charge in [-0.2, -0.15) is 0 Å². The third kappa shape index (κ3) is 4.54. The fourth-order valence-electron chi connectivity index (χ4n) is 3.58. The van der Waals surface area contributed by atoms with Crippen LogP contribution in [-0.2, 0) is 11.3 Å². The van der Waals surface area contributed by atoms with Gasteiger partial charge in [-0.25, -0.2) is 0 Å². The van der Waals surface area contributed by atoms with Crippen LogP contribution in [0.25, 0.3) is 10.9 Å². The lowest BCUT2D eigenvalue weighted by Gasteiger charge is -2.17. The van der Waals surface area contributed by atoms with Crippen molar-refractivity contribution in [1.29, 1.82) is 0 Å².